The van der Waals surface area contributed by atoms with Gasteiger partial charge in [-0.3, -0.25) is 0 Å². The van der Waals surface area contributed by atoms with Crippen molar-refractivity contribution in [1.82, 2.24) is 0 Å². The van der Waals surface area contributed by atoms with Gasteiger partial charge in [-0.05, 0) is 48.2 Å². The zero-order valence-electron chi connectivity index (χ0n) is 9.79. The minimum atomic E-state index is -0.241. The first-order chi connectivity index (χ1) is 8.74. The zero-order valence-corrected chi connectivity index (χ0v) is 10.5. The second-order valence-corrected chi connectivity index (χ2v) is 4.97. The molecule has 1 unspecified atom stereocenters. The summed E-state index contributed by atoms with van der Waals surface area (Å²) in [5.74, 6) is -0.241. The number of nitrogens with one attached hydrogen (secondary N) is 1. The van der Waals surface area contributed by atoms with Crippen molar-refractivity contribution in [3.63, 3.8) is 0 Å². The van der Waals surface area contributed by atoms with Gasteiger partial charge in [-0.1, -0.05) is 29.8 Å². The molecule has 2 aromatic rings. The second kappa shape index (κ2) is 4.62. The van der Waals surface area contributed by atoms with E-state index >= 15 is 0 Å². The molecule has 1 atom stereocenters. The molecule has 2 aromatic carbocycles. The van der Waals surface area contributed by atoms with E-state index < -0.39 is 0 Å². The van der Waals surface area contributed by atoms with E-state index in [1.165, 1.54) is 17.7 Å². The predicted molar refractivity (Wildman–Crippen MR) is 72.5 cm³/mol. The molecule has 0 spiro atoms. The Labute approximate surface area is 111 Å². The monoisotopic (exact) mass is 261 g/mol. The number of para-hydroxylation sites is 1. The van der Waals surface area contributed by atoms with E-state index in [0.29, 0.717) is 5.02 Å². The Hall–Kier alpha value is -1.54. The van der Waals surface area contributed by atoms with E-state index in [0.717, 1.165) is 24.1 Å². The third-order valence-electron chi connectivity index (χ3n) is 3.38. The van der Waals surface area contributed by atoms with Crippen molar-refractivity contribution in [2.75, 3.05) is 5.32 Å². The standard InChI is InChI=1S/C15H13ClFN/c16-13-7-6-11(17)9-12(13)15-8-5-10-3-1-2-4-14(10)18-15/h1-4,6-7,9,15,18H,5,8H2. The molecule has 0 fully saturated rings. The quantitative estimate of drug-likeness (QED) is 0.792. The summed E-state index contributed by atoms with van der Waals surface area (Å²) in [6, 6.07) is 12.8. The maximum absolute atomic E-state index is 13.3. The van der Waals surface area contributed by atoms with Gasteiger partial charge in [-0.25, -0.2) is 4.39 Å². The molecule has 1 nitrogen and oxygen atoms in total. The van der Waals surface area contributed by atoms with Crippen LogP contribution >= 0.6 is 11.6 Å². The van der Waals surface area contributed by atoms with Gasteiger partial charge in [0.25, 0.3) is 0 Å². The molecular formula is C15H13ClFN. The van der Waals surface area contributed by atoms with Crippen LogP contribution in [-0.4, -0.2) is 0 Å². The summed E-state index contributed by atoms with van der Waals surface area (Å²) in [5.41, 5.74) is 3.27. The van der Waals surface area contributed by atoms with Crippen molar-refractivity contribution < 1.29 is 4.39 Å². The lowest BCUT2D eigenvalue weighted by atomic mass is 9.93. The molecule has 3 rings (SSSR count). The molecule has 1 heterocycles. The van der Waals surface area contributed by atoms with E-state index in [9.17, 15) is 4.39 Å². The molecule has 0 bridgehead atoms. The minimum absolute atomic E-state index is 0.0862. The van der Waals surface area contributed by atoms with Crippen molar-refractivity contribution in [1.29, 1.82) is 0 Å². The molecule has 92 valence electrons. The average molecular weight is 262 g/mol. The van der Waals surface area contributed by atoms with E-state index in [1.54, 1.807) is 6.07 Å². The van der Waals surface area contributed by atoms with Gasteiger partial charge in [0.2, 0.25) is 0 Å². The molecule has 0 aromatic heterocycles. The summed E-state index contributed by atoms with van der Waals surface area (Å²) >= 11 is 6.15. The van der Waals surface area contributed by atoms with E-state index in [4.69, 9.17) is 11.6 Å². The van der Waals surface area contributed by atoms with Gasteiger partial charge in [0.15, 0.2) is 0 Å². The fourth-order valence-corrected chi connectivity index (χ4v) is 2.70. The van der Waals surface area contributed by atoms with Crippen molar-refractivity contribution >= 4 is 17.3 Å². The number of anilines is 1. The van der Waals surface area contributed by atoms with Gasteiger partial charge < -0.3 is 5.32 Å². The van der Waals surface area contributed by atoms with Crippen molar-refractivity contribution in [2.24, 2.45) is 0 Å². The summed E-state index contributed by atoms with van der Waals surface area (Å²) < 4.78 is 13.3. The van der Waals surface area contributed by atoms with Crippen molar-refractivity contribution in [3.05, 3.63) is 64.4 Å². The Balaban J connectivity index is 1.94. The first kappa shape index (κ1) is 11.5. The Kier molecular flexibility index (Phi) is 2.96. The Morgan fingerprint density at radius 3 is 2.89 bits per heavy atom. The van der Waals surface area contributed by atoms with Crippen LogP contribution in [0.2, 0.25) is 5.02 Å². The van der Waals surface area contributed by atoms with Crippen LogP contribution in [-0.2, 0) is 6.42 Å². The summed E-state index contributed by atoms with van der Waals surface area (Å²) in [7, 11) is 0. The van der Waals surface area contributed by atoms with E-state index in [2.05, 4.69) is 17.4 Å². The number of hydrogen-bond donors (Lipinski definition) is 1. The maximum Gasteiger partial charge on any atom is 0.123 e. The zero-order chi connectivity index (χ0) is 12.5. The predicted octanol–water partition coefficient (Wildman–Crippen LogP) is 4.58. The van der Waals surface area contributed by atoms with Gasteiger partial charge in [-0.2, -0.15) is 0 Å². The molecule has 1 N–H and O–H groups in total. The topological polar surface area (TPSA) is 12.0 Å². The Bertz CT molecular complexity index is 582. The maximum atomic E-state index is 13.3. The molecular weight excluding hydrogens is 249 g/mol. The fraction of sp³-hybridized carbons (Fsp3) is 0.200. The highest BCUT2D eigenvalue weighted by Crippen LogP contribution is 2.35. The van der Waals surface area contributed by atoms with Gasteiger partial charge in [0.1, 0.15) is 5.82 Å². The van der Waals surface area contributed by atoms with Gasteiger partial charge in [0, 0.05) is 10.7 Å². The first-order valence-corrected chi connectivity index (χ1v) is 6.41. The summed E-state index contributed by atoms with van der Waals surface area (Å²) in [6.45, 7) is 0. The number of halogens is 2. The third-order valence-corrected chi connectivity index (χ3v) is 3.73. The van der Waals surface area contributed by atoms with Crippen LogP contribution < -0.4 is 5.32 Å². The SMILES string of the molecule is Fc1ccc(Cl)c(C2CCc3ccccc3N2)c1. The molecule has 0 saturated heterocycles. The number of rotatable bonds is 1. The fourth-order valence-electron chi connectivity index (χ4n) is 2.45. The average Bonchev–Trinajstić information content (AvgIpc) is 2.41. The van der Waals surface area contributed by atoms with Crippen molar-refractivity contribution in [2.45, 2.75) is 18.9 Å². The molecule has 0 aliphatic carbocycles. The third kappa shape index (κ3) is 2.08. The molecule has 1 aliphatic rings. The molecule has 3 heteroatoms. The molecule has 1 aliphatic heterocycles. The summed E-state index contributed by atoms with van der Waals surface area (Å²) in [6.07, 6.45) is 1.92. The van der Waals surface area contributed by atoms with E-state index in [-0.39, 0.29) is 11.9 Å². The Morgan fingerprint density at radius 2 is 2.00 bits per heavy atom. The van der Waals surface area contributed by atoms with E-state index in [1.807, 2.05) is 12.1 Å². The highest BCUT2D eigenvalue weighted by molar-refractivity contribution is 6.31. The number of benzene rings is 2. The largest absolute Gasteiger partial charge is 0.378 e. The molecule has 0 saturated carbocycles. The molecule has 0 radical (unpaired) electrons. The minimum Gasteiger partial charge on any atom is -0.378 e. The highest BCUT2D eigenvalue weighted by Gasteiger charge is 2.21. The van der Waals surface area contributed by atoms with Crippen LogP contribution in [0.25, 0.3) is 0 Å². The lowest BCUT2D eigenvalue weighted by Crippen LogP contribution is -2.18. The highest BCUT2D eigenvalue weighted by atomic mass is 35.5. The van der Waals surface area contributed by atoms with Crippen LogP contribution in [0.15, 0.2) is 42.5 Å². The lowest BCUT2D eigenvalue weighted by molar-refractivity contribution is 0.614. The van der Waals surface area contributed by atoms with Crippen LogP contribution in [0.3, 0.4) is 0 Å². The molecule has 18 heavy (non-hydrogen) atoms. The van der Waals surface area contributed by atoms with Crippen molar-refractivity contribution in [3.8, 4) is 0 Å². The lowest BCUT2D eigenvalue weighted by Gasteiger charge is -2.28. The normalized spacial score (nSPS) is 18.0. The first-order valence-electron chi connectivity index (χ1n) is 6.03. The smallest absolute Gasteiger partial charge is 0.123 e. The summed E-state index contributed by atoms with van der Waals surface area (Å²) in [4.78, 5) is 0. The Morgan fingerprint density at radius 1 is 1.17 bits per heavy atom. The van der Waals surface area contributed by atoms with Crippen LogP contribution in [0.1, 0.15) is 23.6 Å². The number of aryl methyl sites for hydroxylation is 1. The second-order valence-electron chi connectivity index (χ2n) is 4.56. The van der Waals surface area contributed by atoms with Crippen LogP contribution in [0.5, 0.6) is 0 Å². The summed E-state index contributed by atoms with van der Waals surface area (Å²) in [5, 5.41) is 4.05. The molecule has 0 amide bonds. The van der Waals surface area contributed by atoms with Gasteiger partial charge in [-0.15, -0.1) is 0 Å². The van der Waals surface area contributed by atoms with Crippen LogP contribution in [0, 0.1) is 5.82 Å². The van der Waals surface area contributed by atoms with Crippen LogP contribution in [0.4, 0.5) is 10.1 Å². The number of fused-ring (bicyclic) bond motifs is 1. The van der Waals surface area contributed by atoms with Gasteiger partial charge >= 0.3 is 0 Å². The number of hydrogen-bond acceptors (Lipinski definition) is 1. The van der Waals surface area contributed by atoms with Gasteiger partial charge in [0.05, 0.1) is 6.04 Å².